The van der Waals surface area contributed by atoms with E-state index in [2.05, 4.69) is 40.2 Å². The molecule has 1 amide bonds. The normalized spacial score (nSPS) is 11.7. The third-order valence-corrected chi connectivity index (χ3v) is 5.35. The summed E-state index contributed by atoms with van der Waals surface area (Å²) in [6.07, 6.45) is 0.673. The Morgan fingerprint density at radius 1 is 1.00 bits per heavy atom. The lowest BCUT2D eigenvalue weighted by molar-refractivity contribution is -0.128. The molecule has 4 aromatic rings. The van der Waals surface area contributed by atoms with Crippen molar-refractivity contribution in [2.24, 2.45) is 5.41 Å². The Bertz CT molecular complexity index is 1200. The summed E-state index contributed by atoms with van der Waals surface area (Å²) >= 11 is 0. The van der Waals surface area contributed by atoms with Crippen LogP contribution in [0.25, 0.3) is 21.8 Å². The van der Waals surface area contributed by atoms with Gasteiger partial charge >= 0.3 is 0 Å². The number of fused-ring (bicyclic) bond motifs is 2. The zero-order chi connectivity index (χ0) is 21.8. The van der Waals surface area contributed by atoms with Gasteiger partial charge in [0.1, 0.15) is 18.2 Å². The van der Waals surface area contributed by atoms with Crippen molar-refractivity contribution >= 4 is 27.7 Å². The van der Waals surface area contributed by atoms with E-state index in [0.717, 1.165) is 22.6 Å². The van der Waals surface area contributed by atoms with Crippen molar-refractivity contribution in [3.63, 3.8) is 0 Å². The van der Waals surface area contributed by atoms with Gasteiger partial charge in [-0.05, 0) is 35.0 Å². The Hall–Kier alpha value is -3.34. The SMILES string of the molecule is CC(C)(C)C(=O)NCCc1nc2ccccc2n1CCOc1ccc2ccccc2c1. The summed E-state index contributed by atoms with van der Waals surface area (Å²) in [7, 11) is 0. The van der Waals surface area contributed by atoms with Crippen LogP contribution in [-0.2, 0) is 17.8 Å². The molecule has 31 heavy (non-hydrogen) atoms. The largest absolute Gasteiger partial charge is 0.492 e. The molecule has 0 saturated heterocycles. The molecule has 0 atom stereocenters. The Labute approximate surface area is 183 Å². The molecule has 1 N–H and O–H groups in total. The molecule has 0 saturated carbocycles. The van der Waals surface area contributed by atoms with Crippen molar-refractivity contribution in [1.29, 1.82) is 0 Å². The van der Waals surface area contributed by atoms with Crippen LogP contribution < -0.4 is 10.1 Å². The number of hydrogen-bond acceptors (Lipinski definition) is 3. The van der Waals surface area contributed by atoms with Gasteiger partial charge in [0.2, 0.25) is 5.91 Å². The van der Waals surface area contributed by atoms with E-state index < -0.39 is 5.41 Å². The van der Waals surface area contributed by atoms with Crippen LogP contribution in [0.1, 0.15) is 26.6 Å². The first kappa shape index (κ1) is 20.9. The molecule has 0 aliphatic heterocycles. The minimum absolute atomic E-state index is 0.0507. The van der Waals surface area contributed by atoms with E-state index in [1.807, 2.05) is 57.2 Å². The van der Waals surface area contributed by atoms with E-state index in [0.29, 0.717) is 26.1 Å². The fraction of sp³-hybridized carbons (Fsp3) is 0.308. The molecule has 0 fully saturated rings. The number of ether oxygens (including phenoxy) is 1. The number of carbonyl (C=O) groups is 1. The van der Waals surface area contributed by atoms with Crippen LogP contribution in [-0.4, -0.2) is 28.6 Å². The molecule has 3 aromatic carbocycles. The molecule has 4 rings (SSSR count). The summed E-state index contributed by atoms with van der Waals surface area (Å²) in [6, 6.07) is 22.6. The van der Waals surface area contributed by atoms with Crippen LogP contribution in [0, 0.1) is 5.41 Å². The van der Waals surface area contributed by atoms with Gasteiger partial charge in [-0.1, -0.05) is 63.2 Å². The van der Waals surface area contributed by atoms with E-state index in [4.69, 9.17) is 9.72 Å². The van der Waals surface area contributed by atoms with Gasteiger partial charge in [-0.3, -0.25) is 4.79 Å². The number of hydrogen-bond donors (Lipinski definition) is 1. The predicted molar refractivity (Wildman–Crippen MR) is 125 cm³/mol. The maximum absolute atomic E-state index is 12.2. The molecule has 0 spiro atoms. The van der Waals surface area contributed by atoms with Crippen molar-refractivity contribution in [2.45, 2.75) is 33.7 Å². The fourth-order valence-corrected chi connectivity index (χ4v) is 3.63. The van der Waals surface area contributed by atoms with Gasteiger partial charge in [-0.2, -0.15) is 0 Å². The van der Waals surface area contributed by atoms with Crippen LogP contribution in [0.5, 0.6) is 5.75 Å². The number of amides is 1. The Kier molecular flexibility index (Phi) is 5.94. The summed E-state index contributed by atoms with van der Waals surface area (Å²) in [5.41, 5.74) is 1.65. The Morgan fingerprint density at radius 2 is 1.74 bits per heavy atom. The molecule has 0 bridgehead atoms. The second-order valence-corrected chi connectivity index (χ2v) is 8.78. The maximum Gasteiger partial charge on any atom is 0.225 e. The van der Waals surface area contributed by atoms with Crippen LogP contribution >= 0.6 is 0 Å². The van der Waals surface area contributed by atoms with Gasteiger partial charge in [0, 0.05) is 18.4 Å². The van der Waals surface area contributed by atoms with Crippen molar-refractivity contribution in [3.05, 3.63) is 72.6 Å². The molecular weight excluding hydrogens is 386 g/mol. The molecule has 1 heterocycles. The summed E-state index contributed by atoms with van der Waals surface area (Å²) in [5.74, 6) is 1.87. The first-order valence-corrected chi connectivity index (χ1v) is 10.8. The third-order valence-electron chi connectivity index (χ3n) is 5.35. The molecule has 1 aromatic heterocycles. The topological polar surface area (TPSA) is 56.2 Å². The number of benzene rings is 3. The van der Waals surface area contributed by atoms with Gasteiger partial charge in [0.05, 0.1) is 17.6 Å². The highest BCUT2D eigenvalue weighted by molar-refractivity contribution is 5.83. The summed E-state index contributed by atoms with van der Waals surface area (Å²) in [6.45, 7) is 7.55. The summed E-state index contributed by atoms with van der Waals surface area (Å²) in [4.78, 5) is 17.0. The average Bonchev–Trinajstić information content (AvgIpc) is 3.10. The van der Waals surface area contributed by atoms with Crippen molar-refractivity contribution < 1.29 is 9.53 Å². The number of nitrogens with zero attached hydrogens (tertiary/aromatic N) is 2. The van der Waals surface area contributed by atoms with E-state index >= 15 is 0 Å². The number of para-hydroxylation sites is 2. The molecular formula is C26H29N3O2. The zero-order valence-electron chi connectivity index (χ0n) is 18.4. The Morgan fingerprint density at radius 3 is 2.55 bits per heavy atom. The highest BCUT2D eigenvalue weighted by Crippen LogP contribution is 2.21. The first-order chi connectivity index (χ1) is 14.9. The highest BCUT2D eigenvalue weighted by atomic mass is 16.5. The third kappa shape index (κ3) is 4.88. The van der Waals surface area contributed by atoms with Gasteiger partial charge in [0.25, 0.3) is 0 Å². The average molecular weight is 416 g/mol. The molecule has 5 nitrogen and oxygen atoms in total. The number of imidazole rings is 1. The monoisotopic (exact) mass is 415 g/mol. The first-order valence-electron chi connectivity index (χ1n) is 10.8. The minimum atomic E-state index is -0.395. The predicted octanol–water partition coefficient (Wildman–Crippen LogP) is 4.97. The molecule has 160 valence electrons. The van der Waals surface area contributed by atoms with Crippen LogP contribution in [0.2, 0.25) is 0 Å². The molecule has 0 radical (unpaired) electrons. The lowest BCUT2D eigenvalue weighted by atomic mass is 9.96. The highest BCUT2D eigenvalue weighted by Gasteiger charge is 2.20. The number of aromatic nitrogens is 2. The van der Waals surface area contributed by atoms with Crippen LogP contribution in [0.3, 0.4) is 0 Å². The van der Waals surface area contributed by atoms with Gasteiger partial charge < -0.3 is 14.6 Å². The molecule has 0 aliphatic rings. The van der Waals surface area contributed by atoms with Gasteiger partial charge in [0.15, 0.2) is 0 Å². The number of nitrogens with one attached hydrogen (secondary N) is 1. The second-order valence-electron chi connectivity index (χ2n) is 8.78. The lowest BCUT2D eigenvalue weighted by Crippen LogP contribution is -2.36. The molecule has 5 heteroatoms. The maximum atomic E-state index is 12.2. The van der Waals surface area contributed by atoms with Gasteiger partial charge in [-0.25, -0.2) is 4.98 Å². The fourth-order valence-electron chi connectivity index (χ4n) is 3.63. The standard InChI is InChI=1S/C26H29N3O2/c1-26(2,3)25(30)27-15-14-24-28-22-10-6-7-11-23(22)29(24)16-17-31-21-13-12-19-8-4-5-9-20(19)18-21/h4-13,18H,14-17H2,1-3H3,(H,27,30). The van der Waals surface area contributed by atoms with E-state index in [9.17, 15) is 4.79 Å². The van der Waals surface area contributed by atoms with Crippen molar-refractivity contribution in [1.82, 2.24) is 14.9 Å². The molecule has 0 unspecified atom stereocenters. The van der Waals surface area contributed by atoms with Crippen LogP contribution in [0.15, 0.2) is 66.7 Å². The summed E-state index contributed by atoms with van der Waals surface area (Å²) < 4.78 is 8.25. The van der Waals surface area contributed by atoms with E-state index in [1.54, 1.807) is 0 Å². The smallest absolute Gasteiger partial charge is 0.225 e. The molecule has 0 aliphatic carbocycles. The number of carbonyl (C=O) groups excluding carboxylic acids is 1. The lowest BCUT2D eigenvalue weighted by Gasteiger charge is -2.17. The zero-order valence-corrected chi connectivity index (χ0v) is 18.4. The van der Waals surface area contributed by atoms with E-state index in [-0.39, 0.29) is 5.91 Å². The van der Waals surface area contributed by atoms with Crippen molar-refractivity contribution in [2.75, 3.05) is 13.2 Å². The van der Waals surface area contributed by atoms with Gasteiger partial charge in [-0.15, -0.1) is 0 Å². The number of rotatable bonds is 7. The van der Waals surface area contributed by atoms with Crippen molar-refractivity contribution in [3.8, 4) is 5.75 Å². The quantitative estimate of drug-likeness (QED) is 0.463. The summed E-state index contributed by atoms with van der Waals surface area (Å²) in [5, 5.41) is 5.39. The van der Waals surface area contributed by atoms with Crippen LogP contribution in [0.4, 0.5) is 0 Å². The van der Waals surface area contributed by atoms with E-state index in [1.165, 1.54) is 10.8 Å². The second kappa shape index (κ2) is 8.80. The Balaban J connectivity index is 1.45. The minimum Gasteiger partial charge on any atom is -0.492 e.